The average molecular weight is 391 g/mol. The Hall–Kier alpha value is -3.31. The summed E-state index contributed by atoms with van der Waals surface area (Å²) in [7, 11) is 3.23. The fraction of sp³-hybridized carbons (Fsp3) is 0.208. The van der Waals surface area contributed by atoms with Crippen molar-refractivity contribution in [3.63, 3.8) is 0 Å². The van der Waals surface area contributed by atoms with Crippen LogP contribution >= 0.6 is 0 Å². The third-order valence-electron chi connectivity index (χ3n) is 4.73. The Balaban J connectivity index is 1.83. The van der Waals surface area contributed by atoms with Crippen LogP contribution in [0, 0.1) is 0 Å². The van der Waals surface area contributed by atoms with E-state index in [0.29, 0.717) is 18.7 Å². The summed E-state index contributed by atoms with van der Waals surface area (Å²) in [6.45, 7) is 0.748. The number of carbonyl (C=O) groups is 1. The number of aliphatic hydroxyl groups is 1. The van der Waals surface area contributed by atoms with Gasteiger partial charge in [-0.3, -0.25) is 4.79 Å². The molecule has 3 aromatic carbocycles. The first-order valence-electron chi connectivity index (χ1n) is 9.38. The molecule has 0 aliphatic rings. The molecule has 3 rings (SSSR count). The van der Waals surface area contributed by atoms with Crippen molar-refractivity contribution in [1.29, 1.82) is 0 Å². The van der Waals surface area contributed by atoms with Gasteiger partial charge in [-0.1, -0.05) is 54.6 Å². The number of aliphatic hydroxyl groups excluding tert-OH is 1. The maximum Gasteiger partial charge on any atom is 0.256 e. The van der Waals surface area contributed by atoms with Crippen molar-refractivity contribution in [2.24, 2.45) is 0 Å². The molecule has 5 nitrogen and oxygen atoms in total. The van der Waals surface area contributed by atoms with Crippen molar-refractivity contribution in [3.05, 3.63) is 95.6 Å². The van der Waals surface area contributed by atoms with Crippen LogP contribution in [0.5, 0.6) is 11.5 Å². The van der Waals surface area contributed by atoms with E-state index in [1.54, 1.807) is 31.3 Å². The Labute approximate surface area is 171 Å². The third kappa shape index (κ3) is 5.36. The molecule has 0 bridgehead atoms. The zero-order valence-corrected chi connectivity index (χ0v) is 16.6. The second-order valence-corrected chi connectivity index (χ2v) is 6.70. The summed E-state index contributed by atoms with van der Waals surface area (Å²) in [6, 6.07) is 24.1. The van der Waals surface area contributed by atoms with Crippen LogP contribution in [0.15, 0.2) is 78.9 Å². The largest absolute Gasteiger partial charge is 0.497 e. The smallest absolute Gasteiger partial charge is 0.256 e. The summed E-state index contributed by atoms with van der Waals surface area (Å²) < 4.78 is 10.4. The summed E-state index contributed by atoms with van der Waals surface area (Å²) in [5.74, 6) is 1.17. The van der Waals surface area contributed by atoms with E-state index in [1.165, 1.54) is 0 Å². The molecule has 0 fully saturated rings. The third-order valence-corrected chi connectivity index (χ3v) is 4.73. The van der Waals surface area contributed by atoms with Crippen LogP contribution in [-0.4, -0.2) is 30.1 Å². The molecule has 29 heavy (non-hydrogen) atoms. The molecule has 0 radical (unpaired) electrons. The van der Waals surface area contributed by atoms with Gasteiger partial charge in [0.15, 0.2) is 6.10 Å². The van der Waals surface area contributed by atoms with Gasteiger partial charge in [-0.15, -0.1) is 0 Å². The number of methoxy groups -OCH3 is 2. The van der Waals surface area contributed by atoms with E-state index < -0.39 is 6.10 Å². The lowest BCUT2D eigenvalue weighted by molar-refractivity contribution is -0.141. The average Bonchev–Trinajstić information content (AvgIpc) is 2.79. The molecule has 0 aromatic heterocycles. The highest BCUT2D eigenvalue weighted by Gasteiger charge is 2.24. The molecule has 0 spiro atoms. The van der Waals surface area contributed by atoms with Crippen molar-refractivity contribution >= 4 is 5.91 Å². The fourth-order valence-electron chi connectivity index (χ4n) is 3.07. The van der Waals surface area contributed by atoms with Crippen molar-refractivity contribution in [2.45, 2.75) is 19.2 Å². The van der Waals surface area contributed by atoms with E-state index >= 15 is 0 Å². The minimum Gasteiger partial charge on any atom is -0.497 e. The first-order valence-corrected chi connectivity index (χ1v) is 9.38. The van der Waals surface area contributed by atoms with E-state index in [9.17, 15) is 9.90 Å². The number of hydrogen-bond acceptors (Lipinski definition) is 4. The highest BCUT2D eigenvalue weighted by Crippen LogP contribution is 2.21. The zero-order chi connectivity index (χ0) is 20.6. The quantitative estimate of drug-likeness (QED) is 0.631. The van der Waals surface area contributed by atoms with Crippen LogP contribution in [-0.2, 0) is 17.9 Å². The summed E-state index contributed by atoms with van der Waals surface area (Å²) in [4.78, 5) is 14.8. The summed E-state index contributed by atoms with van der Waals surface area (Å²) in [6.07, 6.45) is -1.22. The molecule has 1 atom stereocenters. The molecule has 3 aromatic rings. The second-order valence-electron chi connectivity index (χ2n) is 6.70. The normalized spacial score (nSPS) is 11.6. The van der Waals surface area contributed by atoms with Crippen molar-refractivity contribution in [2.75, 3.05) is 14.2 Å². The number of benzene rings is 3. The number of carbonyl (C=O) groups excluding carboxylic acids is 1. The summed E-state index contributed by atoms with van der Waals surface area (Å²) in [5.41, 5.74) is 2.48. The molecular formula is C24H25NO4. The van der Waals surface area contributed by atoms with Crippen LogP contribution < -0.4 is 9.47 Å². The molecule has 0 saturated heterocycles. The van der Waals surface area contributed by atoms with Gasteiger partial charge in [-0.05, 0) is 41.0 Å². The maximum absolute atomic E-state index is 13.1. The number of ether oxygens (including phenoxy) is 2. The van der Waals surface area contributed by atoms with Crippen LogP contribution in [0.4, 0.5) is 0 Å². The van der Waals surface area contributed by atoms with Crippen LogP contribution in [0.2, 0.25) is 0 Å². The van der Waals surface area contributed by atoms with E-state index in [-0.39, 0.29) is 5.91 Å². The van der Waals surface area contributed by atoms with Crippen LogP contribution in [0.25, 0.3) is 0 Å². The molecule has 0 heterocycles. The lowest BCUT2D eigenvalue weighted by Gasteiger charge is -2.26. The van der Waals surface area contributed by atoms with Gasteiger partial charge in [-0.25, -0.2) is 0 Å². The van der Waals surface area contributed by atoms with Crippen molar-refractivity contribution in [1.82, 2.24) is 4.90 Å². The van der Waals surface area contributed by atoms with Gasteiger partial charge in [0.25, 0.3) is 5.91 Å². The Bertz CT molecular complexity index is 858. The van der Waals surface area contributed by atoms with Gasteiger partial charge < -0.3 is 19.5 Å². The lowest BCUT2D eigenvalue weighted by Crippen LogP contribution is -2.34. The van der Waals surface area contributed by atoms with Gasteiger partial charge in [-0.2, -0.15) is 0 Å². The van der Waals surface area contributed by atoms with Crippen LogP contribution in [0.1, 0.15) is 22.8 Å². The lowest BCUT2D eigenvalue weighted by atomic mass is 10.1. The first-order chi connectivity index (χ1) is 14.1. The minimum absolute atomic E-state index is 0.345. The van der Waals surface area contributed by atoms with Crippen LogP contribution in [0.3, 0.4) is 0 Å². The fourth-order valence-corrected chi connectivity index (χ4v) is 3.07. The summed E-state index contributed by atoms with van der Waals surface area (Å²) in [5, 5.41) is 10.6. The molecule has 0 aliphatic heterocycles. The van der Waals surface area contributed by atoms with Gasteiger partial charge in [0.1, 0.15) is 11.5 Å². The second kappa shape index (κ2) is 9.75. The zero-order valence-electron chi connectivity index (χ0n) is 16.6. The highest BCUT2D eigenvalue weighted by atomic mass is 16.5. The van der Waals surface area contributed by atoms with E-state index in [2.05, 4.69) is 0 Å². The molecule has 1 amide bonds. The van der Waals surface area contributed by atoms with Crippen molar-refractivity contribution in [3.8, 4) is 11.5 Å². The van der Waals surface area contributed by atoms with E-state index in [4.69, 9.17) is 9.47 Å². The SMILES string of the molecule is COc1ccc(CN(Cc2ccc(OC)cc2)C(=O)C(O)c2ccccc2)cc1. The predicted molar refractivity (Wildman–Crippen MR) is 112 cm³/mol. The number of nitrogens with zero attached hydrogens (tertiary/aromatic N) is 1. The molecule has 0 aliphatic carbocycles. The molecule has 5 heteroatoms. The maximum atomic E-state index is 13.1. The Morgan fingerprint density at radius 3 is 1.66 bits per heavy atom. The van der Waals surface area contributed by atoms with E-state index in [1.807, 2.05) is 66.7 Å². The first kappa shape index (κ1) is 20.4. The molecule has 150 valence electrons. The monoisotopic (exact) mass is 391 g/mol. The Kier molecular flexibility index (Phi) is 6.87. The Morgan fingerprint density at radius 2 is 1.24 bits per heavy atom. The van der Waals surface area contributed by atoms with E-state index in [0.717, 1.165) is 22.6 Å². The molecular weight excluding hydrogens is 366 g/mol. The highest BCUT2D eigenvalue weighted by molar-refractivity contribution is 5.82. The number of rotatable bonds is 8. The minimum atomic E-state index is -1.22. The predicted octanol–water partition coefficient (Wildman–Crippen LogP) is 3.97. The number of hydrogen-bond donors (Lipinski definition) is 1. The van der Waals surface area contributed by atoms with Gasteiger partial charge in [0, 0.05) is 13.1 Å². The summed E-state index contributed by atoms with van der Waals surface area (Å²) >= 11 is 0. The molecule has 0 saturated carbocycles. The number of amides is 1. The molecule has 1 unspecified atom stereocenters. The Morgan fingerprint density at radius 1 is 0.793 bits per heavy atom. The molecule has 1 N–H and O–H groups in total. The van der Waals surface area contributed by atoms with Crippen molar-refractivity contribution < 1.29 is 19.4 Å². The van der Waals surface area contributed by atoms with Gasteiger partial charge >= 0.3 is 0 Å². The van der Waals surface area contributed by atoms with Gasteiger partial charge in [0.2, 0.25) is 0 Å². The van der Waals surface area contributed by atoms with Gasteiger partial charge in [0.05, 0.1) is 14.2 Å². The standard InChI is InChI=1S/C24H25NO4/c1-28-21-12-8-18(9-13-21)16-25(17-19-10-14-22(29-2)15-11-19)24(27)23(26)20-6-4-3-5-7-20/h3-15,23,26H,16-17H2,1-2H3. The topological polar surface area (TPSA) is 59.0 Å².